The Hall–Kier alpha value is -0.810. The average Bonchev–Trinajstić information content (AvgIpc) is 2.74. The second kappa shape index (κ2) is 4.81. The van der Waals surface area contributed by atoms with Crippen LogP contribution >= 0.6 is 23.1 Å². The number of fused-ring (bicyclic) bond motifs is 1. The molecular formula is C10H12N2OS2. The summed E-state index contributed by atoms with van der Waals surface area (Å²) >= 11 is 3.25. The van der Waals surface area contributed by atoms with Crippen LogP contribution in [0.2, 0.25) is 0 Å². The van der Waals surface area contributed by atoms with Crippen molar-refractivity contribution < 1.29 is 4.79 Å². The second-order valence-electron chi connectivity index (χ2n) is 3.18. The summed E-state index contributed by atoms with van der Waals surface area (Å²) in [7, 11) is 0. The van der Waals surface area contributed by atoms with Gasteiger partial charge in [0.05, 0.1) is 17.9 Å². The monoisotopic (exact) mass is 240 g/mol. The number of thioether (sulfide) groups is 1. The predicted molar refractivity (Wildman–Crippen MR) is 64.8 cm³/mol. The molecule has 0 aliphatic heterocycles. The maximum atomic E-state index is 11.5. The van der Waals surface area contributed by atoms with Crippen molar-refractivity contribution in [3.63, 3.8) is 0 Å². The average molecular weight is 240 g/mol. The topological polar surface area (TPSA) is 34.4 Å². The van der Waals surface area contributed by atoms with Crippen molar-refractivity contribution in [3.8, 4) is 0 Å². The third-order valence-electron chi connectivity index (χ3n) is 1.99. The zero-order valence-electron chi connectivity index (χ0n) is 8.47. The summed E-state index contributed by atoms with van der Waals surface area (Å²) in [6.45, 7) is 2.06. The molecule has 3 nitrogen and oxygen atoms in total. The molecule has 15 heavy (non-hydrogen) atoms. The van der Waals surface area contributed by atoms with E-state index in [4.69, 9.17) is 0 Å². The minimum absolute atomic E-state index is 0.257. The van der Waals surface area contributed by atoms with Gasteiger partial charge in [-0.15, -0.1) is 11.3 Å². The molecule has 80 valence electrons. The zero-order chi connectivity index (χ0) is 10.7. The number of aromatic nitrogens is 2. The summed E-state index contributed by atoms with van der Waals surface area (Å²) in [5, 5.41) is 1.99. The Labute approximate surface area is 96.5 Å². The van der Waals surface area contributed by atoms with E-state index in [1.807, 2.05) is 22.2 Å². The first-order valence-electron chi connectivity index (χ1n) is 4.80. The van der Waals surface area contributed by atoms with Crippen LogP contribution in [0.5, 0.6) is 0 Å². The summed E-state index contributed by atoms with van der Waals surface area (Å²) in [5.74, 6) is 1.85. The zero-order valence-corrected chi connectivity index (χ0v) is 10.1. The van der Waals surface area contributed by atoms with E-state index in [1.165, 1.54) is 0 Å². The highest BCUT2D eigenvalue weighted by Gasteiger charge is 2.07. The molecule has 0 spiro atoms. The highest BCUT2D eigenvalue weighted by Crippen LogP contribution is 2.12. The molecule has 0 aromatic carbocycles. The van der Waals surface area contributed by atoms with Crippen LogP contribution < -0.4 is 0 Å². The first-order valence-corrected chi connectivity index (χ1v) is 6.83. The smallest absolute Gasteiger partial charge is 0.193 e. The number of Topliss-reactive ketones (excluding diaryl/α,β-unsaturated/α-hetero) is 1. The number of ketones is 1. The molecule has 0 amide bonds. The fourth-order valence-corrected chi connectivity index (χ4v) is 2.58. The lowest BCUT2D eigenvalue weighted by atomic mass is 10.2. The van der Waals surface area contributed by atoms with Crippen LogP contribution in [0, 0.1) is 0 Å². The minimum atomic E-state index is 0.257. The molecule has 5 heteroatoms. The van der Waals surface area contributed by atoms with Gasteiger partial charge in [0, 0.05) is 17.8 Å². The van der Waals surface area contributed by atoms with Crippen LogP contribution in [0.1, 0.15) is 12.6 Å². The SMILES string of the molecule is CCSCC(=O)Cc1cn2ccsc2n1. The van der Waals surface area contributed by atoms with Gasteiger partial charge in [-0.3, -0.25) is 9.20 Å². The van der Waals surface area contributed by atoms with Crippen molar-refractivity contribution in [3.05, 3.63) is 23.5 Å². The van der Waals surface area contributed by atoms with E-state index in [1.54, 1.807) is 23.1 Å². The molecule has 0 atom stereocenters. The third-order valence-corrected chi connectivity index (χ3v) is 3.69. The number of rotatable bonds is 5. The number of thiazole rings is 1. The van der Waals surface area contributed by atoms with Gasteiger partial charge in [0.25, 0.3) is 0 Å². The van der Waals surface area contributed by atoms with Crippen molar-refractivity contribution >= 4 is 33.8 Å². The third kappa shape index (κ3) is 2.60. The molecule has 2 heterocycles. The minimum Gasteiger partial charge on any atom is -0.298 e. The molecule has 2 aromatic heterocycles. The lowest BCUT2D eigenvalue weighted by Crippen LogP contribution is -2.06. The van der Waals surface area contributed by atoms with Crippen molar-refractivity contribution in [1.29, 1.82) is 0 Å². The van der Waals surface area contributed by atoms with E-state index in [2.05, 4.69) is 11.9 Å². The van der Waals surface area contributed by atoms with E-state index < -0.39 is 0 Å². The number of carbonyl (C=O) groups is 1. The first-order chi connectivity index (χ1) is 7.29. The Morgan fingerprint density at radius 2 is 2.53 bits per heavy atom. The van der Waals surface area contributed by atoms with Crippen molar-refractivity contribution in [2.75, 3.05) is 11.5 Å². The van der Waals surface area contributed by atoms with E-state index in [-0.39, 0.29) is 5.78 Å². The largest absolute Gasteiger partial charge is 0.298 e. The number of hydrogen-bond acceptors (Lipinski definition) is 4. The molecule has 0 unspecified atom stereocenters. The number of imidazole rings is 1. The molecule has 0 N–H and O–H groups in total. The summed E-state index contributed by atoms with van der Waals surface area (Å²) in [4.78, 5) is 16.8. The van der Waals surface area contributed by atoms with Gasteiger partial charge >= 0.3 is 0 Å². The summed E-state index contributed by atoms with van der Waals surface area (Å²) in [6.07, 6.45) is 4.35. The van der Waals surface area contributed by atoms with Crippen molar-refractivity contribution in [2.24, 2.45) is 0 Å². The van der Waals surface area contributed by atoms with Gasteiger partial charge in [-0.1, -0.05) is 6.92 Å². The normalized spacial score (nSPS) is 11.0. The standard InChI is InChI=1S/C10H12N2OS2/c1-2-14-7-9(13)5-8-6-12-3-4-15-10(12)11-8/h3-4,6H,2,5,7H2,1H3. The van der Waals surface area contributed by atoms with Crippen LogP contribution in [-0.4, -0.2) is 26.7 Å². The Morgan fingerprint density at radius 1 is 1.67 bits per heavy atom. The molecule has 0 aliphatic rings. The molecule has 2 aromatic rings. The molecule has 0 saturated heterocycles. The summed E-state index contributed by atoms with van der Waals surface area (Å²) in [6, 6.07) is 0. The Bertz CT molecular complexity index is 432. The van der Waals surface area contributed by atoms with E-state index in [9.17, 15) is 4.79 Å². The molecule has 0 radical (unpaired) electrons. The second-order valence-corrected chi connectivity index (χ2v) is 5.32. The fourth-order valence-electron chi connectivity index (χ4n) is 1.33. The maximum absolute atomic E-state index is 11.5. The molecule has 0 bridgehead atoms. The molecule has 0 aliphatic carbocycles. The lowest BCUT2D eigenvalue weighted by Gasteiger charge is -1.95. The van der Waals surface area contributed by atoms with E-state index >= 15 is 0 Å². The lowest BCUT2D eigenvalue weighted by molar-refractivity contribution is -0.116. The molecular weight excluding hydrogens is 228 g/mol. The number of hydrogen-bond donors (Lipinski definition) is 0. The van der Waals surface area contributed by atoms with Crippen LogP contribution in [-0.2, 0) is 11.2 Å². The highest BCUT2D eigenvalue weighted by molar-refractivity contribution is 7.99. The van der Waals surface area contributed by atoms with E-state index in [0.29, 0.717) is 12.2 Å². The fraction of sp³-hybridized carbons (Fsp3) is 0.400. The molecule has 0 saturated carbocycles. The summed E-state index contributed by atoms with van der Waals surface area (Å²) in [5.41, 5.74) is 0.878. The van der Waals surface area contributed by atoms with Gasteiger partial charge in [0.2, 0.25) is 0 Å². The predicted octanol–water partition coefficient (Wildman–Crippen LogP) is 2.26. The van der Waals surface area contributed by atoms with Crippen LogP contribution in [0.4, 0.5) is 0 Å². The van der Waals surface area contributed by atoms with Crippen LogP contribution in [0.3, 0.4) is 0 Å². The van der Waals surface area contributed by atoms with Gasteiger partial charge < -0.3 is 0 Å². The van der Waals surface area contributed by atoms with Gasteiger partial charge in [-0.2, -0.15) is 11.8 Å². The first kappa shape index (κ1) is 10.7. The molecule has 2 rings (SSSR count). The summed E-state index contributed by atoms with van der Waals surface area (Å²) < 4.78 is 1.96. The van der Waals surface area contributed by atoms with Gasteiger partial charge in [0.1, 0.15) is 5.78 Å². The highest BCUT2D eigenvalue weighted by atomic mass is 32.2. The quantitative estimate of drug-likeness (QED) is 0.804. The van der Waals surface area contributed by atoms with Gasteiger partial charge in [-0.05, 0) is 5.75 Å². The molecule has 0 fully saturated rings. The van der Waals surface area contributed by atoms with Crippen LogP contribution in [0.25, 0.3) is 4.96 Å². The van der Waals surface area contributed by atoms with Crippen molar-refractivity contribution in [1.82, 2.24) is 9.38 Å². The number of nitrogens with zero attached hydrogens (tertiary/aromatic N) is 2. The van der Waals surface area contributed by atoms with Crippen LogP contribution in [0.15, 0.2) is 17.8 Å². The van der Waals surface area contributed by atoms with Gasteiger partial charge in [0.15, 0.2) is 4.96 Å². The van der Waals surface area contributed by atoms with E-state index in [0.717, 1.165) is 16.4 Å². The Balaban J connectivity index is 2.00. The Kier molecular flexibility index (Phi) is 3.43. The maximum Gasteiger partial charge on any atom is 0.193 e. The number of carbonyl (C=O) groups excluding carboxylic acids is 1. The van der Waals surface area contributed by atoms with Crippen molar-refractivity contribution in [2.45, 2.75) is 13.3 Å². The Morgan fingerprint density at radius 3 is 3.27 bits per heavy atom. The van der Waals surface area contributed by atoms with Gasteiger partial charge in [-0.25, -0.2) is 4.98 Å².